The van der Waals surface area contributed by atoms with Crippen LogP contribution in [-0.2, 0) is 19.1 Å². The van der Waals surface area contributed by atoms with Gasteiger partial charge in [0.1, 0.15) is 6.04 Å². The zero-order chi connectivity index (χ0) is 15.5. The van der Waals surface area contributed by atoms with E-state index in [-0.39, 0.29) is 25.9 Å². The van der Waals surface area contributed by atoms with Crippen LogP contribution < -0.4 is 5.32 Å². The average Bonchev–Trinajstić information content (AvgIpc) is 2.43. The van der Waals surface area contributed by atoms with Crippen LogP contribution in [0.25, 0.3) is 0 Å². The summed E-state index contributed by atoms with van der Waals surface area (Å²) in [7, 11) is 2.75. The predicted molar refractivity (Wildman–Crippen MR) is 70.3 cm³/mol. The lowest BCUT2D eigenvalue weighted by molar-refractivity contribution is -0.141. The fraction of sp³-hybridized carbons (Fsp3) is 0.750. The van der Waals surface area contributed by atoms with E-state index in [1.54, 1.807) is 6.92 Å². The standard InChI is InChI=1S/C12H22N2O6/c1-4-9(11(16)17)13-12(18)14(7-8-19-2)6-5-10(15)20-3/h9H,4-8H2,1-3H3,(H,13,18)(H,16,17). The van der Waals surface area contributed by atoms with Crippen LogP contribution >= 0.6 is 0 Å². The molecule has 116 valence electrons. The lowest BCUT2D eigenvalue weighted by atomic mass is 10.2. The Morgan fingerprint density at radius 2 is 1.90 bits per heavy atom. The molecule has 1 unspecified atom stereocenters. The Kier molecular flexibility index (Phi) is 9.10. The van der Waals surface area contributed by atoms with Crippen LogP contribution in [0.4, 0.5) is 4.79 Å². The summed E-state index contributed by atoms with van der Waals surface area (Å²) in [5.41, 5.74) is 0. The van der Waals surface area contributed by atoms with E-state index >= 15 is 0 Å². The molecule has 8 heteroatoms. The van der Waals surface area contributed by atoms with Crippen molar-refractivity contribution in [1.29, 1.82) is 0 Å². The Labute approximate surface area is 118 Å². The van der Waals surface area contributed by atoms with Crippen molar-refractivity contribution in [2.45, 2.75) is 25.8 Å². The van der Waals surface area contributed by atoms with Crippen molar-refractivity contribution in [2.24, 2.45) is 0 Å². The SMILES string of the molecule is CCC(NC(=O)N(CCOC)CCC(=O)OC)C(=O)O. The van der Waals surface area contributed by atoms with Gasteiger partial charge in [-0.1, -0.05) is 6.92 Å². The third-order valence-corrected chi connectivity index (χ3v) is 2.67. The number of esters is 1. The van der Waals surface area contributed by atoms with Crippen molar-refractivity contribution in [3.05, 3.63) is 0 Å². The lowest BCUT2D eigenvalue weighted by Crippen LogP contribution is -2.49. The molecule has 0 aliphatic rings. The first-order valence-electron chi connectivity index (χ1n) is 6.30. The normalized spacial score (nSPS) is 11.6. The Morgan fingerprint density at radius 1 is 1.25 bits per heavy atom. The highest BCUT2D eigenvalue weighted by molar-refractivity contribution is 5.82. The van der Waals surface area contributed by atoms with Crippen molar-refractivity contribution in [3.63, 3.8) is 0 Å². The molecule has 0 bridgehead atoms. The zero-order valence-corrected chi connectivity index (χ0v) is 12.0. The van der Waals surface area contributed by atoms with E-state index in [0.717, 1.165) is 0 Å². The number of ether oxygens (including phenoxy) is 2. The first-order chi connectivity index (χ1) is 9.46. The van der Waals surface area contributed by atoms with Crippen LogP contribution in [0.15, 0.2) is 0 Å². The van der Waals surface area contributed by atoms with Crippen molar-refractivity contribution >= 4 is 18.0 Å². The van der Waals surface area contributed by atoms with Crippen LogP contribution in [0.2, 0.25) is 0 Å². The molecule has 0 saturated carbocycles. The molecule has 8 nitrogen and oxygen atoms in total. The Balaban J connectivity index is 4.53. The largest absolute Gasteiger partial charge is 0.480 e. The van der Waals surface area contributed by atoms with Gasteiger partial charge in [0.2, 0.25) is 0 Å². The van der Waals surface area contributed by atoms with Gasteiger partial charge in [0, 0.05) is 20.2 Å². The molecule has 0 heterocycles. The molecule has 0 spiro atoms. The van der Waals surface area contributed by atoms with Crippen LogP contribution in [0.3, 0.4) is 0 Å². The number of rotatable bonds is 9. The third-order valence-electron chi connectivity index (χ3n) is 2.67. The minimum absolute atomic E-state index is 0.0392. The topological polar surface area (TPSA) is 105 Å². The van der Waals surface area contributed by atoms with E-state index in [4.69, 9.17) is 9.84 Å². The Hall–Kier alpha value is -1.83. The van der Waals surface area contributed by atoms with Gasteiger partial charge < -0.3 is 24.8 Å². The summed E-state index contributed by atoms with van der Waals surface area (Å²) in [5, 5.41) is 11.3. The predicted octanol–water partition coefficient (Wildman–Crippen LogP) is 0.0707. The number of aliphatic carboxylic acids is 1. The maximum atomic E-state index is 12.0. The molecule has 2 amide bonds. The van der Waals surface area contributed by atoms with Gasteiger partial charge in [-0.3, -0.25) is 4.79 Å². The quantitative estimate of drug-likeness (QED) is 0.582. The first-order valence-corrected chi connectivity index (χ1v) is 6.30. The molecule has 0 aromatic rings. The molecular formula is C12H22N2O6. The number of carbonyl (C=O) groups excluding carboxylic acids is 2. The molecule has 0 aromatic carbocycles. The number of urea groups is 1. The monoisotopic (exact) mass is 290 g/mol. The highest BCUT2D eigenvalue weighted by Crippen LogP contribution is 1.98. The molecule has 0 aromatic heterocycles. The summed E-state index contributed by atoms with van der Waals surface area (Å²) in [5.74, 6) is -1.54. The van der Waals surface area contributed by atoms with E-state index in [1.165, 1.54) is 19.1 Å². The van der Waals surface area contributed by atoms with Crippen molar-refractivity contribution in [2.75, 3.05) is 33.9 Å². The smallest absolute Gasteiger partial charge is 0.326 e. The van der Waals surface area contributed by atoms with Crippen molar-refractivity contribution in [3.8, 4) is 0 Å². The van der Waals surface area contributed by atoms with Crippen molar-refractivity contribution in [1.82, 2.24) is 10.2 Å². The second-order valence-corrected chi connectivity index (χ2v) is 4.05. The first kappa shape index (κ1) is 18.2. The second-order valence-electron chi connectivity index (χ2n) is 4.05. The molecule has 2 N–H and O–H groups in total. The molecule has 0 radical (unpaired) electrons. The van der Waals surface area contributed by atoms with Crippen LogP contribution in [0.5, 0.6) is 0 Å². The molecule has 0 saturated heterocycles. The van der Waals surface area contributed by atoms with Gasteiger partial charge in [-0.15, -0.1) is 0 Å². The second kappa shape index (κ2) is 10.0. The maximum absolute atomic E-state index is 12.0. The number of nitrogens with zero attached hydrogens (tertiary/aromatic N) is 1. The minimum atomic E-state index is -1.10. The van der Waals surface area contributed by atoms with Gasteiger partial charge in [0.15, 0.2) is 0 Å². The van der Waals surface area contributed by atoms with Gasteiger partial charge in [-0.05, 0) is 6.42 Å². The lowest BCUT2D eigenvalue weighted by Gasteiger charge is -2.24. The van der Waals surface area contributed by atoms with Crippen LogP contribution in [-0.4, -0.2) is 67.9 Å². The fourth-order valence-corrected chi connectivity index (χ4v) is 1.42. The molecule has 0 fully saturated rings. The molecule has 0 aliphatic heterocycles. The van der Waals surface area contributed by atoms with E-state index in [9.17, 15) is 14.4 Å². The van der Waals surface area contributed by atoms with E-state index < -0.39 is 24.0 Å². The number of nitrogens with one attached hydrogen (secondary N) is 1. The summed E-state index contributed by atoms with van der Waals surface area (Å²) >= 11 is 0. The number of hydrogen-bond donors (Lipinski definition) is 2. The molecular weight excluding hydrogens is 268 g/mol. The molecule has 0 aliphatic carbocycles. The number of carboxylic acid groups (broad SMARTS) is 1. The van der Waals surface area contributed by atoms with E-state index in [0.29, 0.717) is 6.61 Å². The highest BCUT2D eigenvalue weighted by atomic mass is 16.5. The molecule has 0 rings (SSSR count). The summed E-state index contributed by atoms with van der Waals surface area (Å²) in [4.78, 5) is 35.3. The van der Waals surface area contributed by atoms with Gasteiger partial charge in [0.25, 0.3) is 0 Å². The van der Waals surface area contributed by atoms with Crippen LogP contribution in [0.1, 0.15) is 19.8 Å². The zero-order valence-electron chi connectivity index (χ0n) is 12.0. The molecule has 20 heavy (non-hydrogen) atoms. The number of carboxylic acids is 1. The Morgan fingerprint density at radius 3 is 2.35 bits per heavy atom. The van der Waals surface area contributed by atoms with Gasteiger partial charge >= 0.3 is 18.0 Å². The van der Waals surface area contributed by atoms with E-state index in [1.807, 2.05) is 0 Å². The number of methoxy groups -OCH3 is 2. The minimum Gasteiger partial charge on any atom is -0.480 e. The number of hydrogen-bond acceptors (Lipinski definition) is 5. The van der Waals surface area contributed by atoms with Gasteiger partial charge in [-0.2, -0.15) is 0 Å². The number of amides is 2. The molecule has 1 atom stereocenters. The maximum Gasteiger partial charge on any atom is 0.326 e. The number of carbonyl (C=O) groups is 3. The van der Waals surface area contributed by atoms with Gasteiger partial charge in [-0.25, -0.2) is 9.59 Å². The summed E-state index contributed by atoms with van der Waals surface area (Å²) in [6.45, 7) is 2.35. The van der Waals surface area contributed by atoms with Gasteiger partial charge in [0.05, 0.1) is 20.1 Å². The summed E-state index contributed by atoms with van der Waals surface area (Å²) in [6.07, 6.45) is 0.313. The highest BCUT2D eigenvalue weighted by Gasteiger charge is 2.21. The van der Waals surface area contributed by atoms with E-state index in [2.05, 4.69) is 10.1 Å². The average molecular weight is 290 g/mol. The summed E-state index contributed by atoms with van der Waals surface area (Å²) < 4.78 is 9.38. The van der Waals surface area contributed by atoms with Crippen LogP contribution in [0, 0.1) is 0 Å². The Bertz CT molecular complexity index is 334. The fourth-order valence-electron chi connectivity index (χ4n) is 1.42. The van der Waals surface area contributed by atoms with Crippen molar-refractivity contribution < 1.29 is 29.0 Å². The summed E-state index contributed by atoms with van der Waals surface area (Å²) in [6, 6.07) is -1.49. The third kappa shape index (κ3) is 6.93.